The number of hydrogen-bond acceptors (Lipinski definition) is 2. The predicted octanol–water partition coefficient (Wildman–Crippen LogP) is 1.76. The van der Waals surface area contributed by atoms with Crippen LogP contribution in [0.3, 0.4) is 0 Å². The van der Waals surface area contributed by atoms with E-state index in [9.17, 15) is 4.79 Å². The second kappa shape index (κ2) is 5.50. The number of amides is 1. The Morgan fingerprint density at radius 2 is 1.93 bits per heavy atom. The molecule has 1 heterocycles. The van der Waals surface area contributed by atoms with Crippen LogP contribution in [0.2, 0.25) is 0 Å². The molecule has 3 atom stereocenters. The first kappa shape index (κ1) is 12.5. The molecule has 1 aliphatic heterocycles. The Bertz CT molecular complexity index is 208. The lowest BCUT2D eigenvalue weighted by Crippen LogP contribution is -2.48. The molecule has 0 aromatic rings. The first-order valence-corrected chi connectivity index (χ1v) is 6.07. The SMILES string of the molecule is CC(CN)CC(=O)N1C(C)CCCC1C. The Morgan fingerprint density at radius 1 is 1.40 bits per heavy atom. The smallest absolute Gasteiger partial charge is 0.223 e. The van der Waals surface area contributed by atoms with Crippen LogP contribution >= 0.6 is 0 Å². The highest BCUT2D eigenvalue weighted by molar-refractivity contribution is 5.77. The summed E-state index contributed by atoms with van der Waals surface area (Å²) in [5.41, 5.74) is 5.55. The van der Waals surface area contributed by atoms with Crippen LogP contribution in [0.15, 0.2) is 0 Å². The number of rotatable bonds is 3. The zero-order valence-corrected chi connectivity index (χ0v) is 10.2. The summed E-state index contributed by atoms with van der Waals surface area (Å²) in [4.78, 5) is 14.1. The van der Waals surface area contributed by atoms with E-state index >= 15 is 0 Å². The Labute approximate surface area is 93.0 Å². The Morgan fingerprint density at radius 3 is 2.40 bits per heavy atom. The zero-order valence-electron chi connectivity index (χ0n) is 10.2. The van der Waals surface area contributed by atoms with Gasteiger partial charge in [0, 0.05) is 18.5 Å². The number of piperidine rings is 1. The number of carbonyl (C=O) groups is 1. The van der Waals surface area contributed by atoms with E-state index in [0.29, 0.717) is 31.0 Å². The molecule has 3 unspecified atom stereocenters. The van der Waals surface area contributed by atoms with Crippen LogP contribution in [0.5, 0.6) is 0 Å². The van der Waals surface area contributed by atoms with Gasteiger partial charge < -0.3 is 10.6 Å². The van der Waals surface area contributed by atoms with Crippen molar-refractivity contribution in [1.82, 2.24) is 4.90 Å². The molecule has 15 heavy (non-hydrogen) atoms. The molecule has 0 bridgehead atoms. The van der Waals surface area contributed by atoms with Crippen molar-refractivity contribution in [3.8, 4) is 0 Å². The summed E-state index contributed by atoms with van der Waals surface area (Å²) >= 11 is 0. The number of nitrogens with zero attached hydrogens (tertiary/aromatic N) is 1. The minimum Gasteiger partial charge on any atom is -0.337 e. The van der Waals surface area contributed by atoms with E-state index in [4.69, 9.17) is 5.73 Å². The summed E-state index contributed by atoms with van der Waals surface area (Å²) in [7, 11) is 0. The van der Waals surface area contributed by atoms with E-state index in [1.54, 1.807) is 0 Å². The van der Waals surface area contributed by atoms with E-state index in [-0.39, 0.29) is 5.91 Å². The van der Waals surface area contributed by atoms with Gasteiger partial charge in [-0.3, -0.25) is 4.79 Å². The maximum Gasteiger partial charge on any atom is 0.223 e. The van der Waals surface area contributed by atoms with Crippen molar-refractivity contribution in [2.75, 3.05) is 6.54 Å². The second-order valence-electron chi connectivity index (χ2n) is 4.97. The molecule has 0 aromatic carbocycles. The molecule has 1 amide bonds. The van der Waals surface area contributed by atoms with Crippen molar-refractivity contribution < 1.29 is 4.79 Å². The van der Waals surface area contributed by atoms with Gasteiger partial charge in [0.15, 0.2) is 0 Å². The van der Waals surface area contributed by atoms with Gasteiger partial charge in [0.2, 0.25) is 5.91 Å². The summed E-state index contributed by atoms with van der Waals surface area (Å²) < 4.78 is 0. The Kier molecular flexibility index (Phi) is 4.58. The fraction of sp³-hybridized carbons (Fsp3) is 0.917. The minimum absolute atomic E-state index is 0.285. The van der Waals surface area contributed by atoms with E-state index < -0.39 is 0 Å². The lowest BCUT2D eigenvalue weighted by Gasteiger charge is -2.39. The molecule has 1 saturated heterocycles. The molecule has 0 aromatic heterocycles. The summed E-state index contributed by atoms with van der Waals surface area (Å²) in [6.45, 7) is 6.95. The summed E-state index contributed by atoms with van der Waals surface area (Å²) in [6, 6.07) is 0.817. The van der Waals surface area contributed by atoms with Gasteiger partial charge in [-0.05, 0) is 45.6 Å². The summed E-state index contributed by atoms with van der Waals surface area (Å²) in [5, 5.41) is 0. The molecule has 0 aliphatic carbocycles. The number of hydrogen-bond donors (Lipinski definition) is 1. The van der Waals surface area contributed by atoms with Gasteiger partial charge in [-0.2, -0.15) is 0 Å². The Balaban J connectivity index is 2.55. The van der Waals surface area contributed by atoms with Crippen LogP contribution in [-0.4, -0.2) is 29.4 Å². The Hall–Kier alpha value is -0.570. The molecule has 2 N–H and O–H groups in total. The number of nitrogens with two attached hydrogens (primary N) is 1. The molecular weight excluding hydrogens is 188 g/mol. The average molecular weight is 212 g/mol. The second-order valence-corrected chi connectivity index (χ2v) is 4.97. The quantitative estimate of drug-likeness (QED) is 0.775. The molecule has 0 saturated carbocycles. The fourth-order valence-electron chi connectivity index (χ4n) is 2.40. The standard InChI is InChI=1S/C12H24N2O/c1-9(8-13)7-12(15)14-10(2)5-4-6-11(14)3/h9-11H,4-8,13H2,1-3H3. The van der Waals surface area contributed by atoms with Crippen LogP contribution < -0.4 is 5.73 Å². The van der Waals surface area contributed by atoms with Crippen molar-refractivity contribution in [1.29, 1.82) is 0 Å². The van der Waals surface area contributed by atoms with Crippen LogP contribution in [0, 0.1) is 5.92 Å². The lowest BCUT2D eigenvalue weighted by molar-refractivity contribution is -0.138. The molecule has 1 fully saturated rings. The van der Waals surface area contributed by atoms with Crippen molar-refractivity contribution >= 4 is 5.91 Å². The first-order chi connectivity index (χ1) is 7.06. The van der Waals surface area contributed by atoms with Crippen LogP contribution in [0.25, 0.3) is 0 Å². The topological polar surface area (TPSA) is 46.3 Å². The van der Waals surface area contributed by atoms with E-state index in [1.165, 1.54) is 6.42 Å². The zero-order chi connectivity index (χ0) is 11.4. The van der Waals surface area contributed by atoms with Gasteiger partial charge in [0.1, 0.15) is 0 Å². The van der Waals surface area contributed by atoms with Crippen molar-refractivity contribution in [3.05, 3.63) is 0 Å². The van der Waals surface area contributed by atoms with E-state index in [1.807, 2.05) is 6.92 Å². The molecule has 0 spiro atoms. The van der Waals surface area contributed by atoms with E-state index in [2.05, 4.69) is 18.7 Å². The monoisotopic (exact) mass is 212 g/mol. The number of carbonyl (C=O) groups excluding carboxylic acids is 1. The van der Waals surface area contributed by atoms with Crippen LogP contribution in [-0.2, 0) is 4.79 Å². The highest BCUT2D eigenvalue weighted by atomic mass is 16.2. The lowest BCUT2D eigenvalue weighted by atomic mass is 9.96. The maximum atomic E-state index is 12.1. The normalized spacial score (nSPS) is 28.9. The highest BCUT2D eigenvalue weighted by Crippen LogP contribution is 2.23. The largest absolute Gasteiger partial charge is 0.337 e. The van der Waals surface area contributed by atoms with Gasteiger partial charge in [-0.25, -0.2) is 0 Å². The molecule has 1 aliphatic rings. The van der Waals surface area contributed by atoms with Gasteiger partial charge in [0.25, 0.3) is 0 Å². The maximum absolute atomic E-state index is 12.1. The van der Waals surface area contributed by atoms with Gasteiger partial charge in [-0.15, -0.1) is 0 Å². The predicted molar refractivity (Wildman–Crippen MR) is 62.5 cm³/mol. The average Bonchev–Trinajstić information content (AvgIpc) is 2.17. The van der Waals surface area contributed by atoms with E-state index in [0.717, 1.165) is 12.8 Å². The minimum atomic E-state index is 0.285. The fourth-order valence-corrected chi connectivity index (χ4v) is 2.40. The summed E-state index contributed by atoms with van der Waals surface area (Å²) in [6.07, 6.45) is 4.14. The molecule has 0 radical (unpaired) electrons. The van der Waals surface area contributed by atoms with Crippen molar-refractivity contribution in [2.45, 2.75) is 58.5 Å². The molecular formula is C12H24N2O. The van der Waals surface area contributed by atoms with Gasteiger partial charge in [0.05, 0.1) is 0 Å². The number of likely N-dealkylation sites (tertiary alicyclic amines) is 1. The van der Waals surface area contributed by atoms with Gasteiger partial charge >= 0.3 is 0 Å². The van der Waals surface area contributed by atoms with Gasteiger partial charge in [-0.1, -0.05) is 6.92 Å². The molecule has 88 valence electrons. The molecule has 3 heteroatoms. The van der Waals surface area contributed by atoms with Crippen molar-refractivity contribution in [3.63, 3.8) is 0 Å². The van der Waals surface area contributed by atoms with Crippen molar-refractivity contribution in [2.24, 2.45) is 11.7 Å². The third-order valence-corrected chi connectivity index (χ3v) is 3.41. The van der Waals surface area contributed by atoms with Crippen LogP contribution in [0.4, 0.5) is 0 Å². The van der Waals surface area contributed by atoms with Crippen LogP contribution in [0.1, 0.15) is 46.5 Å². The third-order valence-electron chi connectivity index (χ3n) is 3.41. The molecule has 3 nitrogen and oxygen atoms in total. The first-order valence-electron chi connectivity index (χ1n) is 6.07. The summed E-state index contributed by atoms with van der Waals surface area (Å²) in [5.74, 6) is 0.589. The highest BCUT2D eigenvalue weighted by Gasteiger charge is 2.28. The third kappa shape index (κ3) is 3.20. The molecule has 1 rings (SSSR count).